The molecule has 0 fully saturated rings. The van der Waals surface area contributed by atoms with Gasteiger partial charge in [0.05, 0.1) is 0 Å². The number of fused-ring (bicyclic) bond motifs is 3. The summed E-state index contributed by atoms with van der Waals surface area (Å²) in [6.45, 7) is 5.76. The molecule has 4 rings (SSSR count). The maximum Gasteiger partial charge on any atom is 0.332 e. The quantitative estimate of drug-likeness (QED) is 0.736. The van der Waals surface area contributed by atoms with Gasteiger partial charge in [0.1, 0.15) is 0 Å². The van der Waals surface area contributed by atoms with Crippen molar-refractivity contribution in [2.45, 2.75) is 33.4 Å². The number of rotatable bonds is 4. The van der Waals surface area contributed by atoms with Crippen LogP contribution in [0.4, 0.5) is 11.6 Å². The number of hydrogen-bond donors (Lipinski definition) is 1. The highest BCUT2D eigenvalue weighted by Gasteiger charge is 2.29. The monoisotopic (exact) mass is 383 g/mol. The van der Waals surface area contributed by atoms with Crippen molar-refractivity contribution < 1.29 is 5.11 Å². The highest BCUT2D eigenvalue weighted by atomic mass is 16.3. The third kappa shape index (κ3) is 2.84. The van der Waals surface area contributed by atoms with Crippen molar-refractivity contribution in [1.82, 2.24) is 18.7 Å². The zero-order valence-corrected chi connectivity index (χ0v) is 16.4. The Bertz CT molecular complexity index is 1160. The summed E-state index contributed by atoms with van der Waals surface area (Å²) in [5.74, 6) is 0.999. The molecule has 1 atom stereocenters. The van der Waals surface area contributed by atoms with Gasteiger partial charge in [-0.2, -0.15) is 4.98 Å². The Morgan fingerprint density at radius 1 is 1.25 bits per heavy atom. The highest BCUT2D eigenvalue weighted by Crippen LogP contribution is 2.33. The van der Waals surface area contributed by atoms with E-state index >= 15 is 0 Å². The summed E-state index contributed by atoms with van der Waals surface area (Å²) in [7, 11) is 1.64. The standard InChI is InChI=1S/C20H25N5O3/c1-13-6-4-7-15(10-13)24-11-14(2)12-25-16-17(21-19(24)25)22(3)20(28)23(18(16)27)8-5-9-26/h4,6-7,10,14,26H,5,8-9,11-12H2,1-3H3. The molecule has 1 aliphatic rings. The maximum absolute atomic E-state index is 13.1. The predicted molar refractivity (Wildman–Crippen MR) is 108 cm³/mol. The van der Waals surface area contributed by atoms with Gasteiger partial charge in [0, 0.05) is 39.0 Å². The maximum atomic E-state index is 13.1. The SMILES string of the molecule is Cc1cccc(N2CC(C)Cn3c2nc2c3c(=O)n(CCCO)c(=O)n2C)c1. The smallest absolute Gasteiger partial charge is 0.332 e. The molecule has 1 aliphatic heterocycles. The Hall–Kier alpha value is -2.87. The topological polar surface area (TPSA) is 85.3 Å². The minimum absolute atomic E-state index is 0.0731. The van der Waals surface area contributed by atoms with Crippen molar-refractivity contribution in [3.63, 3.8) is 0 Å². The number of aliphatic hydroxyl groups is 1. The largest absolute Gasteiger partial charge is 0.396 e. The molecule has 148 valence electrons. The second-order valence-corrected chi connectivity index (χ2v) is 7.62. The number of aliphatic hydroxyl groups excluding tert-OH is 1. The number of aromatic nitrogens is 4. The van der Waals surface area contributed by atoms with Crippen LogP contribution in [-0.4, -0.2) is 36.9 Å². The molecule has 1 unspecified atom stereocenters. The molecule has 2 aromatic heterocycles. The van der Waals surface area contributed by atoms with Gasteiger partial charge >= 0.3 is 5.69 Å². The number of anilines is 2. The van der Waals surface area contributed by atoms with E-state index in [0.717, 1.165) is 17.8 Å². The normalized spacial score (nSPS) is 16.6. The van der Waals surface area contributed by atoms with Crippen LogP contribution in [0.25, 0.3) is 11.2 Å². The summed E-state index contributed by atoms with van der Waals surface area (Å²) in [5, 5.41) is 9.11. The highest BCUT2D eigenvalue weighted by molar-refractivity contribution is 5.77. The zero-order valence-electron chi connectivity index (χ0n) is 16.4. The van der Waals surface area contributed by atoms with Crippen molar-refractivity contribution in [2.75, 3.05) is 18.1 Å². The van der Waals surface area contributed by atoms with E-state index in [2.05, 4.69) is 17.9 Å². The van der Waals surface area contributed by atoms with Gasteiger partial charge in [0.25, 0.3) is 5.56 Å². The summed E-state index contributed by atoms with van der Waals surface area (Å²) in [4.78, 5) is 32.6. The summed E-state index contributed by atoms with van der Waals surface area (Å²) in [5.41, 5.74) is 2.27. The number of imidazole rings is 1. The Labute approximate surface area is 162 Å². The first-order valence-corrected chi connectivity index (χ1v) is 9.57. The number of aryl methyl sites for hydroxylation is 2. The van der Waals surface area contributed by atoms with Gasteiger partial charge in [-0.15, -0.1) is 0 Å². The van der Waals surface area contributed by atoms with Gasteiger partial charge in [0.2, 0.25) is 5.95 Å². The molecule has 0 saturated heterocycles. The van der Waals surface area contributed by atoms with E-state index in [1.165, 1.54) is 9.13 Å². The number of nitrogens with zero attached hydrogens (tertiary/aromatic N) is 5. The minimum atomic E-state index is -0.406. The average molecular weight is 383 g/mol. The Morgan fingerprint density at radius 3 is 2.75 bits per heavy atom. The molecule has 0 saturated carbocycles. The fraction of sp³-hybridized carbons (Fsp3) is 0.450. The van der Waals surface area contributed by atoms with Gasteiger partial charge < -0.3 is 14.6 Å². The van der Waals surface area contributed by atoms with E-state index in [1.807, 2.05) is 29.7 Å². The fourth-order valence-electron chi connectivity index (χ4n) is 3.94. The molecule has 8 heteroatoms. The summed E-state index contributed by atoms with van der Waals surface area (Å²) < 4.78 is 4.56. The molecule has 0 bridgehead atoms. The van der Waals surface area contributed by atoms with E-state index in [-0.39, 0.29) is 18.7 Å². The van der Waals surface area contributed by atoms with Crippen molar-refractivity contribution >= 4 is 22.8 Å². The van der Waals surface area contributed by atoms with Gasteiger partial charge in [-0.25, -0.2) is 4.79 Å². The first-order chi connectivity index (χ1) is 13.4. The second kappa shape index (κ2) is 6.94. The van der Waals surface area contributed by atoms with E-state index < -0.39 is 5.69 Å². The summed E-state index contributed by atoms with van der Waals surface area (Å²) in [6, 6.07) is 8.19. The lowest BCUT2D eigenvalue weighted by Gasteiger charge is -2.33. The van der Waals surface area contributed by atoms with E-state index in [0.29, 0.717) is 36.0 Å². The molecule has 0 spiro atoms. The number of hydrogen-bond acceptors (Lipinski definition) is 5. The molecule has 3 heterocycles. The zero-order chi connectivity index (χ0) is 20.0. The first-order valence-electron chi connectivity index (χ1n) is 9.57. The van der Waals surface area contributed by atoms with Crippen LogP contribution in [0.3, 0.4) is 0 Å². The van der Waals surface area contributed by atoms with Gasteiger partial charge in [0.15, 0.2) is 11.2 Å². The third-order valence-corrected chi connectivity index (χ3v) is 5.30. The molecular weight excluding hydrogens is 358 g/mol. The van der Waals surface area contributed by atoms with Gasteiger partial charge in [-0.1, -0.05) is 19.1 Å². The summed E-state index contributed by atoms with van der Waals surface area (Å²) in [6.07, 6.45) is 0.355. The van der Waals surface area contributed by atoms with Crippen LogP contribution in [0.15, 0.2) is 33.9 Å². The van der Waals surface area contributed by atoms with Crippen LogP contribution in [0.1, 0.15) is 18.9 Å². The second-order valence-electron chi connectivity index (χ2n) is 7.62. The van der Waals surface area contributed by atoms with Crippen LogP contribution in [0.5, 0.6) is 0 Å². The van der Waals surface area contributed by atoms with E-state index in [4.69, 9.17) is 10.1 Å². The molecule has 8 nitrogen and oxygen atoms in total. The van der Waals surface area contributed by atoms with Crippen molar-refractivity contribution in [1.29, 1.82) is 0 Å². The van der Waals surface area contributed by atoms with Crippen molar-refractivity contribution in [2.24, 2.45) is 13.0 Å². The molecular formula is C20H25N5O3. The Kier molecular flexibility index (Phi) is 4.58. The van der Waals surface area contributed by atoms with E-state index in [9.17, 15) is 9.59 Å². The first kappa shape index (κ1) is 18.5. The van der Waals surface area contributed by atoms with Gasteiger partial charge in [-0.05, 0) is 37.0 Å². The number of benzene rings is 1. The molecule has 3 aromatic rings. The van der Waals surface area contributed by atoms with Crippen LogP contribution in [0.2, 0.25) is 0 Å². The molecule has 1 N–H and O–H groups in total. The fourth-order valence-corrected chi connectivity index (χ4v) is 3.94. The molecule has 0 amide bonds. The lowest BCUT2D eigenvalue weighted by Crippen LogP contribution is -2.40. The molecule has 0 aliphatic carbocycles. The van der Waals surface area contributed by atoms with Gasteiger partial charge in [-0.3, -0.25) is 13.9 Å². The van der Waals surface area contributed by atoms with Crippen LogP contribution >= 0.6 is 0 Å². The Morgan fingerprint density at radius 2 is 2.04 bits per heavy atom. The van der Waals surface area contributed by atoms with Crippen LogP contribution < -0.4 is 16.1 Å². The van der Waals surface area contributed by atoms with Crippen LogP contribution in [0, 0.1) is 12.8 Å². The van der Waals surface area contributed by atoms with E-state index in [1.54, 1.807) is 7.05 Å². The average Bonchev–Trinajstić information content (AvgIpc) is 3.05. The lowest BCUT2D eigenvalue weighted by atomic mass is 10.1. The molecule has 0 radical (unpaired) electrons. The van der Waals surface area contributed by atoms with Crippen LogP contribution in [-0.2, 0) is 20.1 Å². The lowest BCUT2D eigenvalue weighted by molar-refractivity contribution is 0.277. The summed E-state index contributed by atoms with van der Waals surface area (Å²) >= 11 is 0. The van der Waals surface area contributed by atoms with Crippen molar-refractivity contribution in [3.05, 3.63) is 50.7 Å². The Balaban J connectivity index is 1.98. The molecule has 1 aromatic carbocycles. The minimum Gasteiger partial charge on any atom is -0.396 e. The molecule has 28 heavy (non-hydrogen) atoms. The predicted octanol–water partition coefficient (Wildman–Crippen LogP) is 1.38. The third-order valence-electron chi connectivity index (χ3n) is 5.30. The van der Waals surface area contributed by atoms with Crippen molar-refractivity contribution in [3.8, 4) is 0 Å².